The number of hydrogen-bond donors (Lipinski definition) is 0. The van der Waals surface area contributed by atoms with E-state index in [0.717, 1.165) is 28.8 Å². The molecule has 29 heavy (non-hydrogen) atoms. The Morgan fingerprint density at radius 3 is 2.97 bits per heavy atom. The largest absolute Gasteiger partial charge is 0.339 e. The van der Waals surface area contributed by atoms with Gasteiger partial charge < -0.3 is 14.0 Å². The van der Waals surface area contributed by atoms with E-state index in [2.05, 4.69) is 26.6 Å². The summed E-state index contributed by atoms with van der Waals surface area (Å²) < 4.78 is 7.58. The predicted molar refractivity (Wildman–Crippen MR) is 110 cm³/mol. The first-order chi connectivity index (χ1) is 14.1. The highest BCUT2D eigenvalue weighted by atomic mass is 35.5. The van der Waals surface area contributed by atoms with Crippen LogP contribution in [0, 0.1) is 0 Å². The molecule has 2 aromatic heterocycles. The Morgan fingerprint density at radius 1 is 1.24 bits per heavy atom. The van der Waals surface area contributed by atoms with Crippen molar-refractivity contribution in [3.8, 4) is 11.4 Å². The maximum absolute atomic E-state index is 12.5. The summed E-state index contributed by atoms with van der Waals surface area (Å²) in [4.78, 5) is 23.2. The molecule has 0 N–H and O–H groups in total. The molecule has 1 amide bonds. The first-order valence-electron chi connectivity index (χ1n) is 9.47. The van der Waals surface area contributed by atoms with Gasteiger partial charge >= 0.3 is 0 Å². The SMILES string of the molecule is CCn1cnc2cc(-c3noc(C4CC(=O)N(c5cccc(Cl)c5)C4)n3)ccc21. The van der Waals surface area contributed by atoms with E-state index in [1.54, 1.807) is 17.0 Å². The van der Waals surface area contributed by atoms with Crippen LogP contribution in [-0.2, 0) is 11.3 Å². The zero-order chi connectivity index (χ0) is 20.0. The third-order valence-electron chi connectivity index (χ3n) is 5.26. The van der Waals surface area contributed by atoms with Crippen molar-refractivity contribution in [1.82, 2.24) is 19.7 Å². The minimum absolute atomic E-state index is 0.0172. The van der Waals surface area contributed by atoms with Crippen molar-refractivity contribution in [1.29, 1.82) is 0 Å². The first-order valence-corrected chi connectivity index (χ1v) is 9.85. The number of rotatable bonds is 4. The number of carbonyl (C=O) groups is 1. The van der Waals surface area contributed by atoms with Gasteiger partial charge in [-0.2, -0.15) is 4.98 Å². The van der Waals surface area contributed by atoms with E-state index in [1.165, 1.54) is 0 Å². The number of fused-ring (bicyclic) bond motifs is 1. The second-order valence-corrected chi connectivity index (χ2v) is 7.51. The highest BCUT2D eigenvalue weighted by Gasteiger charge is 2.35. The topological polar surface area (TPSA) is 77.0 Å². The van der Waals surface area contributed by atoms with Gasteiger partial charge in [0.05, 0.1) is 23.3 Å². The van der Waals surface area contributed by atoms with Gasteiger partial charge in [-0.05, 0) is 43.3 Å². The fourth-order valence-electron chi connectivity index (χ4n) is 3.74. The smallest absolute Gasteiger partial charge is 0.232 e. The third-order valence-corrected chi connectivity index (χ3v) is 5.49. The number of hydrogen-bond acceptors (Lipinski definition) is 5. The Balaban J connectivity index is 1.39. The number of anilines is 1. The zero-order valence-electron chi connectivity index (χ0n) is 15.7. The molecule has 1 fully saturated rings. The monoisotopic (exact) mass is 407 g/mol. The van der Waals surface area contributed by atoms with Crippen LogP contribution in [0.2, 0.25) is 5.02 Å². The number of halogens is 1. The van der Waals surface area contributed by atoms with Crippen LogP contribution in [0.15, 0.2) is 53.3 Å². The second-order valence-electron chi connectivity index (χ2n) is 7.08. The second kappa shape index (κ2) is 7.00. The normalized spacial score (nSPS) is 16.8. The molecule has 1 saturated heterocycles. The maximum atomic E-state index is 12.5. The quantitative estimate of drug-likeness (QED) is 0.504. The molecule has 1 aliphatic rings. The molecule has 8 heteroatoms. The van der Waals surface area contributed by atoms with Crippen LogP contribution >= 0.6 is 11.6 Å². The summed E-state index contributed by atoms with van der Waals surface area (Å²) in [6.07, 6.45) is 2.15. The Hall–Kier alpha value is -3.19. The van der Waals surface area contributed by atoms with Crippen LogP contribution in [0.3, 0.4) is 0 Å². The standard InChI is InChI=1S/C21H18ClN5O2/c1-2-26-12-23-17-8-13(6-7-18(17)26)20-24-21(29-25-20)14-9-19(28)27(11-14)16-5-3-4-15(22)10-16/h3-8,10,12,14H,2,9,11H2,1H3. The number of aromatic nitrogens is 4. The summed E-state index contributed by atoms with van der Waals surface area (Å²) in [6, 6.07) is 13.2. The van der Waals surface area contributed by atoms with Crippen molar-refractivity contribution in [3.63, 3.8) is 0 Å². The molecule has 0 saturated carbocycles. The molecule has 0 radical (unpaired) electrons. The van der Waals surface area contributed by atoms with Crippen LogP contribution in [0.4, 0.5) is 5.69 Å². The molecule has 1 atom stereocenters. The predicted octanol–water partition coefficient (Wildman–Crippen LogP) is 4.28. The highest BCUT2D eigenvalue weighted by Crippen LogP contribution is 2.33. The van der Waals surface area contributed by atoms with Crippen molar-refractivity contribution in [2.24, 2.45) is 0 Å². The molecule has 5 rings (SSSR count). The van der Waals surface area contributed by atoms with Crippen molar-refractivity contribution in [2.45, 2.75) is 25.8 Å². The van der Waals surface area contributed by atoms with Crippen LogP contribution in [0.1, 0.15) is 25.2 Å². The fraction of sp³-hybridized carbons (Fsp3) is 0.238. The number of benzene rings is 2. The number of imidazole rings is 1. The van der Waals surface area contributed by atoms with Gasteiger partial charge in [0.15, 0.2) is 0 Å². The van der Waals surface area contributed by atoms with E-state index >= 15 is 0 Å². The molecule has 2 aromatic carbocycles. The minimum atomic E-state index is -0.147. The number of amides is 1. The van der Waals surface area contributed by atoms with Gasteiger partial charge in [-0.1, -0.05) is 22.8 Å². The van der Waals surface area contributed by atoms with Gasteiger partial charge in [-0.15, -0.1) is 0 Å². The Labute approximate surface area is 171 Å². The molecule has 0 aliphatic carbocycles. The summed E-state index contributed by atoms with van der Waals surface area (Å²) in [6.45, 7) is 3.43. The van der Waals surface area contributed by atoms with E-state index in [1.807, 2.05) is 36.7 Å². The molecule has 0 spiro atoms. The van der Waals surface area contributed by atoms with E-state index < -0.39 is 0 Å². The lowest BCUT2D eigenvalue weighted by atomic mass is 10.1. The van der Waals surface area contributed by atoms with E-state index in [-0.39, 0.29) is 11.8 Å². The van der Waals surface area contributed by atoms with Crippen LogP contribution in [0.5, 0.6) is 0 Å². The van der Waals surface area contributed by atoms with Gasteiger partial charge in [0, 0.05) is 35.8 Å². The number of aryl methyl sites for hydroxylation is 1. The van der Waals surface area contributed by atoms with Gasteiger partial charge in [-0.25, -0.2) is 4.98 Å². The van der Waals surface area contributed by atoms with Crippen molar-refractivity contribution in [3.05, 3.63) is 59.7 Å². The van der Waals surface area contributed by atoms with Crippen molar-refractivity contribution in [2.75, 3.05) is 11.4 Å². The highest BCUT2D eigenvalue weighted by molar-refractivity contribution is 6.30. The summed E-state index contributed by atoms with van der Waals surface area (Å²) in [7, 11) is 0. The Kier molecular flexibility index (Phi) is 4.32. The average Bonchev–Trinajstić information content (AvgIpc) is 3.45. The Bertz CT molecular complexity index is 1210. The molecular formula is C21H18ClN5O2. The maximum Gasteiger partial charge on any atom is 0.232 e. The zero-order valence-corrected chi connectivity index (χ0v) is 16.5. The van der Waals surface area contributed by atoms with E-state index in [4.69, 9.17) is 16.1 Å². The molecule has 4 aromatic rings. The lowest BCUT2D eigenvalue weighted by Gasteiger charge is -2.16. The number of carbonyl (C=O) groups excluding carboxylic acids is 1. The van der Waals surface area contributed by atoms with Gasteiger partial charge in [-0.3, -0.25) is 4.79 Å². The minimum Gasteiger partial charge on any atom is -0.339 e. The van der Waals surface area contributed by atoms with Crippen LogP contribution in [-0.4, -0.2) is 32.1 Å². The lowest BCUT2D eigenvalue weighted by molar-refractivity contribution is -0.117. The fourth-order valence-corrected chi connectivity index (χ4v) is 3.92. The molecule has 1 aliphatic heterocycles. The van der Waals surface area contributed by atoms with Crippen LogP contribution < -0.4 is 4.90 Å². The van der Waals surface area contributed by atoms with Gasteiger partial charge in [0.1, 0.15) is 0 Å². The molecule has 1 unspecified atom stereocenters. The summed E-state index contributed by atoms with van der Waals surface area (Å²) in [5.74, 6) is 0.841. The summed E-state index contributed by atoms with van der Waals surface area (Å²) in [5.41, 5.74) is 3.57. The van der Waals surface area contributed by atoms with Gasteiger partial charge in [0.2, 0.25) is 17.6 Å². The average molecular weight is 408 g/mol. The summed E-state index contributed by atoms with van der Waals surface area (Å²) >= 11 is 6.06. The molecule has 146 valence electrons. The van der Waals surface area contributed by atoms with Crippen molar-refractivity contribution >= 4 is 34.2 Å². The first kappa shape index (κ1) is 17.9. The molecule has 7 nitrogen and oxygen atoms in total. The van der Waals surface area contributed by atoms with E-state index in [9.17, 15) is 4.79 Å². The third kappa shape index (κ3) is 3.17. The molecule has 0 bridgehead atoms. The van der Waals surface area contributed by atoms with Crippen molar-refractivity contribution < 1.29 is 9.32 Å². The molecular weight excluding hydrogens is 390 g/mol. The lowest BCUT2D eigenvalue weighted by Crippen LogP contribution is -2.24. The Morgan fingerprint density at radius 2 is 2.14 bits per heavy atom. The summed E-state index contributed by atoms with van der Waals surface area (Å²) in [5, 5.41) is 4.73. The van der Waals surface area contributed by atoms with E-state index in [0.29, 0.717) is 29.7 Å². The van der Waals surface area contributed by atoms with Crippen LogP contribution in [0.25, 0.3) is 22.4 Å². The number of nitrogens with zero attached hydrogens (tertiary/aromatic N) is 5. The van der Waals surface area contributed by atoms with Gasteiger partial charge in [0.25, 0.3) is 0 Å². The molecule has 3 heterocycles.